The molecule has 1 N–H and O–H groups in total. The number of nitrogens with zero attached hydrogens (tertiary/aromatic N) is 2. The van der Waals surface area contributed by atoms with E-state index in [2.05, 4.69) is 10.3 Å². The van der Waals surface area contributed by atoms with Gasteiger partial charge < -0.3 is 19.5 Å². The molecule has 0 atom stereocenters. The molecule has 1 aromatic heterocycles. The molecule has 0 saturated carbocycles. The second-order valence-corrected chi connectivity index (χ2v) is 5.71. The van der Waals surface area contributed by atoms with E-state index in [1.165, 1.54) is 0 Å². The fourth-order valence-corrected chi connectivity index (χ4v) is 2.92. The highest BCUT2D eigenvalue weighted by Gasteiger charge is 2.46. The molecule has 0 radical (unpaired) electrons. The van der Waals surface area contributed by atoms with Gasteiger partial charge in [0.1, 0.15) is 5.75 Å². The zero-order chi connectivity index (χ0) is 17.7. The van der Waals surface area contributed by atoms with Crippen LogP contribution in [0.3, 0.4) is 0 Å². The second-order valence-electron chi connectivity index (χ2n) is 5.71. The summed E-state index contributed by atoms with van der Waals surface area (Å²) in [5.41, 5.74) is 0.662. The topological polar surface area (TPSA) is 90.0 Å². The van der Waals surface area contributed by atoms with Gasteiger partial charge in [0.15, 0.2) is 0 Å². The number of nitrogens with one attached hydrogen (secondary N) is 1. The number of anilines is 1. The second kappa shape index (κ2) is 7.52. The van der Waals surface area contributed by atoms with Crippen molar-refractivity contribution in [2.75, 3.05) is 31.1 Å². The molecule has 1 fully saturated rings. The molecule has 2 aliphatic rings. The van der Waals surface area contributed by atoms with Crippen LogP contribution in [-0.4, -0.2) is 49.1 Å². The molecule has 0 bridgehead atoms. The minimum Gasteiger partial charge on any atom is -0.492 e. The van der Waals surface area contributed by atoms with Crippen LogP contribution in [0.1, 0.15) is 19.8 Å². The average Bonchev–Trinajstić information content (AvgIpc) is 2.72. The first kappa shape index (κ1) is 17.2. The Hall–Kier alpha value is -2.61. The summed E-state index contributed by atoms with van der Waals surface area (Å²) in [5.74, 6) is -2.16. The van der Waals surface area contributed by atoms with Gasteiger partial charge in [0.25, 0.3) is 0 Å². The third-order valence-electron chi connectivity index (χ3n) is 3.96. The molecule has 8 nitrogen and oxygen atoms in total. The SMILES string of the molecule is CCOc1cncc(N2CCCNCCC23OC(=O)C=CC(=O)O3)c1. The van der Waals surface area contributed by atoms with Crippen molar-refractivity contribution in [3.05, 3.63) is 30.6 Å². The van der Waals surface area contributed by atoms with E-state index >= 15 is 0 Å². The maximum absolute atomic E-state index is 12.0. The normalized spacial score (nSPS) is 20.3. The van der Waals surface area contributed by atoms with Gasteiger partial charge in [0.2, 0.25) is 0 Å². The number of hydrogen-bond donors (Lipinski definition) is 1. The molecule has 3 rings (SSSR count). The number of ether oxygens (including phenoxy) is 3. The van der Waals surface area contributed by atoms with Crippen LogP contribution >= 0.6 is 0 Å². The monoisotopic (exact) mass is 347 g/mol. The maximum atomic E-state index is 12.0. The van der Waals surface area contributed by atoms with E-state index in [1.54, 1.807) is 23.4 Å². The van der Waals surface area contributed by atoms with Crippen LogP contribution in [-0.2, 0) is 19.1 Å². The summed E-state index contributed by atoms with van der Waals surface area (Å²) >= 11 is 0. The van der Waals surface area contributed by atoms with E-state index in [0.29, 0.717) is 37.6 Å². The van der Waals surface area contributed by atoms with Crippen LogP contribution in [0, 0.1) is 0 Å². The fourth-order valence-electron chi connectivity index (χ4n) is 2.92. The van der Waals surface area contributed by atoms with E-state index in [1.807, 2.05) is 6.92 Å². The van der Waals surface area contributed by atoms with Crippen LogP contribution in [0.4, 0.5) is 5.69 Å². The molecule has 0 aromatic carbocycles. The predicted octanol–water partition coefficient (Wildman–Crippen LogP) is 0.980. The first-order chi connectivity index (χ1) is 12.1. The summed E-state index contributed by atoms with van der Waals surface area (Å²) < 4.78 is 16.6. The molecule has 8 heteroatoms. The van der Waals surface area contributed by atoms with Crippen molar-refractivity contribution < 1.29 is 23.8 Å². The van der Waals surface area contributed by atoms with Gasteiger partial charge in [-0.15, -0.1) is 0 Å². The number of aromatic nitrogens is 1. The van der Waals surface area contributed by atoms with Gasteiger partial charge in [-0.05, 0) is 19.9 Å². The van der Waals surface area contributed by atoms with Crippen molar-refractivity contribution in [3.8, 4) is 5.75 Å². The highest BCUT2D eigenvalue weighted by Crippen LogP contribution is 2.33. The number of rotatable bonds is 3. The molecule has 25 heavy (non-hydrogen) atoms. The van der Waals surface area contributed by atoms with Crippen molar-refractivity contribution in [3.63, 3.8) is 0 Å². The summed E-state index contributed by atoms with van der Waals surface area (Å²) in [6.07, 6.45) is 6.48. The van der Waals surface area contributed by atoms with Gasteiger partial charge in [-0.2, -0.15) is 0 Å². The van der Waals surface area contributed by atoms with Crippen molar-refractivity contribution in [2.24, 2.45) is 0 Å². The number of carbonyl (C=O) groups excluding carboxylic acids is 2. The lowest BCUT2D eigenvalue weighted by atomic mass is 10.2. The molecular formula is C17H21N3O5. The molecular weight excluding hydrogens is 326 g/mol. The quantitative estimate of drug-likeness (QED) is 0.810. The number of carbonyl (C=O) groups is 2. The fraction of sp³-hybridized carbons (Fsp3) is 0.471. The molecule has 1 spiro atoms. The maximum Gasteiger partial charge on any atom is 0.344 e. The molecule has 1 saturated heterocycles. The Balaban J connectivity index is 2.00. The standard InChI is InChI=1S/C17H21N3O5/c1-2-23-14-10-13(11-19-12-14)20-9-3-7-18-8-6-17(20)24-15(21)4-5-16(22)25-17/h4-5,10-12,18H,2-3,6-9H2,1H3. The molecule has 0 aliphatic carbocycles. The zero-order valence-corrected chi connectivity index (χ0v) is 14.1. The summed E-state index contributed by atoms with van der Waals surface area (Å²) in [5, 5.41) is 3.24. The first-order valence-corrected chi connectivity index (χ1v) is 8.33. The minimum absolute atomic E-state index is 0.297. The van der Waals surface area contributed by atoms with Gasteiger partial charge in [-0.3, -0.25) is 9.88 Å². The molecule has 2 aliphatic heterocycles. The van der Waals surface area contributed by atoms with Crippen molar-refractivity contribution >= 4 is 17.6 Å². The largest absolute Gasteiger partial charge is 0.492 e. The zero-order valence-electron chi connectivity index (χ0n) is 14.1. The molecule has 0 unspecified atom stereocenters. The summed E-state index contributed by atoms with van der Waals surface area (Å²) in [6.45, 7) is 4.26. The first-order valence-electron chi connectivity index (χ1n) is 8.33. The number of pyridine rings is 1. The lowest BCUT2D eigenvalue weighted by Gasteiger charge is -2.42. The molecule has 3 heterocycles. The van der Waals surface area contributed by atoms with Crippen LogP contribution in [0.5, 0.6) is 5.75 Å². The van der Waals surface area contributed by atoms with Gasteiger partial charge in [0.05, 0.1) is 31.1 Å². The highest BCUT2D eigenvalue weighted by atomic mass is 16.8. The molecule has 1 aromatic rings. The van der Waals surface area contributed by atoms with Crippen LogP contribution in [0.15, 0.2) is 30.6 Å². The Labute approximate surface area is 145 Å². The summed E-state index contributed by atoms with van der Waals surface area (Å²) in [4.78, 5) is 30.0. The Morgan fingerprint density at radius 3 is 2.72 bits per heavy atom. The van der Waals surface area contributed by atoms with Gasteiger partial charge in [-0.1, -0.05) is 0 Å². The van der Waals surface area contributed by atoms with Crippen molar-refractivity contribution in [2.45, 2.75) is 25.7 Å². The number of esters is 2. The lowest BCUT2D eigenvalue weighted by molar-refractivity contribution is -0.223. The van der Waals surface area contributed by atoms with E-state index < -0.39 is 17.8 Å². The van der Waals surface area contributed by atoms with Crippen LogP contribution in [0.25, 0.3) is 0 Å². The van der Waals surface area contributed by atoms with E-state index in [-0.39, 0.29) is 0 Å². The lowest BCUT2D eigenvalue weighted by Crippen LogP contribution is -2.57. The van der Waals surface area contributed by atoms with Gasteiger partial charge in [0, 0.05) is 31.3 Å². The number of hydrogen-bond acceptors (Lipinski definition) is 8. The van der Waals surface area contributed by atoms with Crippen molar-refractivity contribution in [1.82, 2.24) is 10.3 Å². The van der Waals surface area contributed by atoms with Crippen LogP contribution < -0.4 is 15.0 Å². The third-order valence-corrected chi connectivity index (χ3v) is 3.96. The highest BCUT2D eigenvalue weighted by molar-refractivity contribution is 5.93. The Bertz CT molecular complexity index is 656. The predicted molar refractivity (Wildman–Crippen MR) is 88.9 cm³/mol. The van der Waals surface area contributed by atoms with Gasteiger partial charge >= 0.3 is 17.8 Å². The van der Waals surface area contributed by atoms with E-state index in [4.69, 9.17) is 14.2 Å². The molecule has 0 amide bonds. The minimum atomic E-state index is -1.52. The smallest absolute Gasteiger partial charge is 0.344 e. The Morgan fingerprint density at radius 1 is 1.24 bits per heavy atom. The summed E-state index contributed by atoms with van der Waals surface area (Å²) in [6, 6.07) is 1.80. The average molecular weight is 347 g/mol. The van der Waals surface area contributed by atoms with E-state index in [0.717, 1.165) is 25.1 Å². The molecule has 134 valence electrons. The summed E-state index contributed by atoms with van der Waals surface area (Å²) in [7, 11) is 0. The van der Waals surface area contributed by atoms with E-state index in [9.17, 15) is 9.59 Å². The van der Waals surface area contributed by atoms with Crippen molar-refractivity contribution in [1.29, 1.82) is 0 Å². The van der Waals surface area contributed by atoms with Gasteiger partial charge in [-0.25, -0.2) is 9.59 Å². The van der Waals surface area contributed by atoms with Crippen LogP contribution in [0.2, 0.25) is 0 Å². The Morgan fingerprint density at radius 2 is 2.00 bits per heavy atom. The third kappa shape index (κ3) is 3.90. The Kier molecular flexibility index (Phi) is 5.18.